The lowest BCUT2D eigenvalue weighted by atomic mass is 9.97. The van der Waals surface area contributed by atoms with Crippen molar-refractivity contribution in [1.82, 2.24) is 0 Å². The molecule has 142 valence electrons. The number of aliphatic hydroxyl groups is 1. The minimum absolute atomic E-state index is 0.353. The fraction of sp³-hybridized carbons (Fsp3) is 0.368. The first kappa shape index (κ1) is 19.5. The molecular formula is C19H24O7. The summed E-state index contributed by atoms with van der Waals surface area (Å²) in [6.45, 7) is 0. The number of ether oxygens (including phenoxy) is 6. The van der Waals surface area contributed by atoms with Crippen LogP contribution < -0.4 is 28.4 Å². The average molecular weight is 364 g/mol. The van der Waals surface area contributed by atoms with E-state index in [4.69, 9.17) is 28.4 Å². The van der Waals surface area contributed by atoms with Gasteiger partial charge in [0.15, 0.2) is 23.0 Å². The van der Waals surface area contributed by atoms with Crippen molar-refractivity contribution in [2.45, 2.75) is 6.10 Å². The molecule has 26 heavy (non-hydrogen) atoms. The van der Waals surface area contributed by atoms with E-state index in [9.17, 15) is 5.11 Å². The van der Waals surface area contributed by atoms with Gasteiger partial charge < -0.3 is 33.5 Å². The number of hydrogen-bond acceptors (Lipinski definition) is 7. The summed E-state index contributed by atoms with van der Waals surface area (Å²) in [5, 5.41) is 11.2. The van der Waals surface area contributed by atoms with Gasteiger partial charge in [0, 0.05) is 0 Å². The number of hydrogen-bond donors (Lipinski definition) is 1. The number of methoxy groups -OCH3 is 6. The summed E-state index contributed by atoms with van der Waals surface area (Å²) in [5.41, 5.74) is 0.776. The van der Waals surface area contributed by atoms with Crippen LogP contribution in [-0.2, 0) is 0 Å². The molecule has 0 amide bonds. The molecule has 0 radical (unpaired) electrons. The number of aliphatic hydroxyl groups excluding tert-OH is 1. The van der Waals surface area contributed by atoms with Crippen molar-refractivity contribution >= 4 is 0 Å². The van der Waals surface area contributed by atoms with Crippen LogP contribution in [0.4, 0.5) is 0 Å². The van der Waals surface area contributed by atoms with E-state index in [0.717, 1.165) is 0 Å². The zero-order valence-electron chi connectivity index (χ0n) is 15.8. The Balaban J connectivity index is 2.79. The highest BCUT2D eigenvalue weighted by atomic mass is 16.5. The van der Waals surface area contributed by atoms with Gasteiger partial charge in [-0.15, -0.1) is 0 Å². The lowest BCUT2D eigenvalue weighted by Gasteiger charge is -2.24. The Morgan fingerprint density at radius 2 is 0.846 bits per heavy atom. The third-order valence-corrected chi connectivity index (χ3v) is 4.07. The second-order valence-electron chi connectivity index (χ2n) is 5.24. The van der Waals surface area contributed by atoms with Crippen molar-refractivity contribution in [3.63, 3.8) is 0 Å². The molecule has 0 atom stereocenters. The highest BCUT2D eigenvalue weighted by Gasteiger charge is 2.30. The van der Waals surface area contributed by atoms with Gasteiger partial charge in [0.25, 0.3) is 0 Å². The molecule has 0 fully saturated rings. The molecule has 0 heterocycles. The van der Waals surface area contributed by atoms with Crippen LogP contribution in [0, 0.1) is 0 Å². The van der Waals surface area contributed by atoms with E-state index in [-0.39, 0.29) is 0 Å². The molecule has 7 heteroatoms. The van der Waals surface area contributed by atoms with Gasteiger partial charge in [-0.05, 0) is 24.3 Å². The quantitative estimate of drug-likeness (QED) is 0.772. The van der Waals surface area contributed by atoms with Crippen molar-refractivity contribution in [2.75, 3.05) is 42.7 Å². The smallest absolute Gasteiger partial charge is 0.170 e. The second-order valence-corrected chi connectivity index (χ2v) is 5.24. The van der Waals surface area contributed by atoms with Crippen LogP contribution in [0.25, 0.3) is 0 Å². The Morgan fingerprint density at radius 1 is 0.538 bits per heavy atom. The molecule has 0 bridgehead atoms. The molecule has 1 N–H and O–H groups in total. The first-order valence-corrected chi connectivity index (χ1v) is 7.83. The Labute approximate surface area is 153 Å². The van der Waals surface area contributed by atoms with Crippen LogP contribution in [0.15, 0.2) is 24.3 Å². The highest BCUT2D eigenvalue weighted by molar-refractivity contribution is 5.62. The van der Waals surface area contributed by atoms with Gasteiger partial charge in [0.1, 0.15) is 17.6 Å². The standard InChI is InChI=1S/C19H24O7/c1-21-11-7-9-13(23-3)18(25-5)15(11)17(20)16-12(22-2)8-10-14(24-4)19(16)26-6/h7-10,17,20H,1-6H3. The molecule has 2 aromatic rings. The minimum atomic E-state index is -1.19. The van der Waals surface area contributed by atoms with E-state index < -0.39 is 6.10 Å². The van der Waals surface area contributed by atoms with Crippen molar-refractivity contribution in [3.8, 4) is 34.5 Å². The molecule has 2 aromatic carbocycles. The number of benzene rings is 2. The first-order valence-electron chi connectivity index (χ1n) is 7.83. The van der Waals surface area contributed by atoms with Crippen LogP contribution in [-0.4, -0.2) is 47.8 Å². The summed E-state index contributed by atoms with van der Waals surface area (Å²) in [6, 6.07) is 6.79. The van der Waals surface area contributed by atoms with Crippen molar-refractivity contribution in [3.05, 3.63) is 35.4 Å². The van der Waals surface area contributed by atoms with Crippen LogP contribution in [0.1, 0.15) is 17.2 Å². The largest absolute Gasteiger partial charge is 0.496 e. The molecular weight excluding hydrogens is 340 g/mol. The molecule has 0 aliphatic heterocycles. The maximum Gasteiger partial charge on any atom is 0.170 e. The van der Waals surface area contributed by atoms with Crippen molar-refractivity contribution < 1.29 is 33.5 Å². The maximum atomic E-state index is 11.2. The molecule has 0 aromatic heterocycles. The lowest BCUT2D eigenvalue weighted by molar-refractivity contribution is 0.195. The number of rotatable bonds is 8. The third kappa shape index (κ3) is 3.30. The summed E-state index contributed by atoms with van der Waals surface area (Å²) < 4.78 is 32.5. The SMILES string of the molecule is COc1ccc(OC)c(C(O)c2c(OC)ccc(OC)c2OC)c1OC. The fourth-order valence-corrected chi connectivity index (χ4v) is 2.88. The fourth-order valence-electron chi connectivity index (χ4n) is 2.88. The first-order chi connectivity index (χ1) is 12.6. The monoisotopic (exact) mass is 364 g/mol. The normalized spacial score (nSPS) is 10.5. The molecule has 0 aliphatic rings. The Kier molecular flexibility index (Phi) is 6.41. The highest BCUT2D eigenvalue weighted by Crippen LogP contribution is 2.49. The van der Waals surface area contributed by atoms with E-state index in [2.05, 4.69) is 0 Å². The average Bonchev–Trinajstić information content (AvgIpc) is 2.70. The Morgan fingerprint density at radius 3 is 1.12 bits per heavy atom. The molecule has 0 unspecified atom stereocenters. The van der Waals surface area contributed by atoms with Crippen molar-refractivity contribution in [2.24, 2.45) is 0 Å². The topological polar surface area (TPSA) is 75.6 Å². The van der Waals surface area contributed by atoms with Gasteiger partial charge in [-0.3, -0.25) is 0 Å². The molecule has 7 nitrogen and oxygen atoms in total. The Bertz CT molecular complexity index is 695. The lowest BCUT2D eigenvalue weighted by Crippen LogP contribution is -2.10. The Hall–Kier alpha value is -2.80. The zero-order valence-corrected chi connectivity index (χ0v) is 15.8. The van der Waals surface area contributed by atoms with Gasteiger partial charge in [-0.1, -0.05) is 0 Å². The van der Waals surface area contributed by atoms with Crippen LogP contribution in [0.5, 0.6) is 34.5 Å². The van der Waals surface area contributed by atoms with E-state index in [1.807, 2.05) is 0 Å². The van der Waals surface area contributed by atoms with Gasteiger partial charge >= 0.3 is 0 Å². The summed E-state index contributed by atoms with van der Waals surface area (Å²) in [5.74, 6) is 2.49. The van der Waals surface area contributed by atoms with Gasteiger partial charge in [0.05, 0.1) is 53.8 Å². The van der Waals surface area contributed by atoms with E-state index in [1.165, 1.54) is 42.7 Å². The van der Waals surface area contributed by atoms with Gasteiger partial charge in [0.2, 0.25) is 0 Å². The summed E-state index contributed by atoms with van der Waals surface area (Å²) in [6.07, 6.45) is -1.19. The van der Waals surface area contributed by atoms with E-state index >= 15 is 0 Å². The van der Waals surface area contributed by atoms with E-state index in [1.54, 1.807) is 24.3 Å². The summed E-state index contributed by atoms with van der Waals surface area (Å²) >= 11 is 0. The van der Waals surface area contributed by atoms with Crippen LogP contribution in [0.2, 0.25) is 0 Å². The predicted molar refractivity (Wildman–Crippen MR) is 96.3 cm³/mol. The minimum Gasteiger partial charge on any atom is -0.496 e. The third-order valence-electron chi connectivity index (χ3n) is 4.07. The van der Waals surface area contributed by atoms with Gasteiger partial charge in [-0.2, -0.15) is 0 Å². The summed E-state index contributed by atoms with van der Waals surface area (Å²) in [4.78, 5) is 0. The van der Waals surface area contributed by atoms with Crippen molar-refractivity contribution in [1.29, 1.82) is 0 Å². The second kappa shape index (κ2) is 8.53. The molecule has 0 saturated heterocycles. The molecule has 2 rings (SSSR count). The van der Waals surface area contributed by atoms with Crippen LogP contribution in [0.3, 0.4) is 0 Å². The zero-order chi connectivity index (χ0) is 19.3. The molecule has 0 spiro atoms. The molecule has 0 aliphatic carbocycles. The predicted octanol–water partition coefficient (Wildman–Crippen LogP) is 2.82. The van der Waals surface area contributed by atoms with Gasteiger partial charge in [-0.25, -0.2) is 0 Å². The maximum absolute atomic E-state index is 11.2. The molecule has 0 saturated carbocycles. The van der Waals surface area contributed by atoms with E-state index in [0.29, 0.717) is 45.6 Å². The van der Waals surface area contributed by atoms with Crippen LogP contribution >= 0.6 is 0 Å². The summed E-state index contributed by atoms with van der Waals surface area (Å²) in [7, 11) is 9.05.